The van der Waals surface area contributed by atoms with Crippen LogP contribution in [0.15, 0.2) is 47.5 Å². The van der Waals surface area contributed by atoms with Crippen molar-refractivity contribution in [3.05, 3.63) is 69.4 Å². The van der Waals surface area contributed by atoms with Crippen LogP contribution in [0.3, 0.4) is 0 Å². The fourth-order valence-corrected chi connectivity index (χ4v) is 3.21. The van der Waals surface area contributed by atoms with E-state index in [0.29, 0.717) is 41.1 Å². The smallest absolute Gasteiger partial charge is 0.243 e. The predicted octanol–water partition coefficient (Wildman–Crippen LogP) is 4.61. The highest BCUT2D eigenvalue weighted by atomic mass is 79.9. The Morgan fingerprint density at radius 2 is 2.10 bits per heavy atom. The molecule has 152 valence electrons. The van der Waals surface area contributed by atoms with E-state index in [1.807, 2.05) is 6.07 Å². The fraction of sp³-hybridized carbons (Fsp3) is 0.211. The molecule has 0 radical (unpaired) electrons. The van der Waals surface area contributed by atoms with Gasteiger partial charge in [-0.05, 0) is 40.3 Å². The minimum absolute atomic E-state index is 0.176. The summed E-state index contributed by atoms with van der Waals surface area (Å²) in [4.78, 5) is 0. The maximum absolute atomic E-state index is 13.2. The molecule has 0 unspecified atom stereocenters. The van der Waals surface area contributed by atoms with E-state index in [0.717, 1.165) is 10.0 Å². The molecule has 3 rings (SSSR count). The zero-order valence-corrected chi connectivity index (χ0v) is 17.9. The van der Waals surface area contributed by atoms with Gasteiger partial charge in [0.05, 0.1) is 18.7 Å². The molecule has 3 aromatic rings. The highest BCUT2D eigenvalue weighted by Crippen LogP contribution is 2.35. The third-order valence-electron chi connectivity index (χ3n) is 4.00. The molecule has 29 heavy (non-hydrogen) atoms. The molecule has 0 aliphatic heterocycles. The van der Waals surface area contributed by atoms with E-state index in [1.165, 1.54) is 12.1 Å². The minimum Gasteiger partial charge on any atom is -0.493 e. The summed E-state index contributed by atoms with van der Waals surface area (Å²) in [5.74, 6) is 1.21. The van der Waals surface area contributed by atoms with Crippen molar-refractivity contribution in [2.75, 3.05) is 12.4 Å². The summed E-state index contributed by atoms with van der Waals surface area (Å²) in [5.41, 5.74) is 1.59. The number of anilines is 1. The molecule has 0 spiro atoms. The Labute approximate surface area is 180 Å². The number of halogens is 3. The van der Waals surface area contributed by atoms with Gasteiger partial charge in [0.25, 0.3) is 0 Å². The van der Waals surface area contributed by atoms with Crippen LogP contribution in [-0.4, -0.2) is 27.3 Å². The Morgan fingerprint density at radius 3 is 2.83 bits per heavy atom. The molecule has 0 aliphatic rings. The molecule has 0 bridgehead atoms. The van der Waals surface area contributed by atoms with Crippen LogP contribution in [0.25, 0.3) is 0 Å². The number of rotatable bonds is 9. The molecular formula is C19H18BrClFN5O2. The number of methoxy groups -OCH3 is 1. The number of ether oxygens (including phenoxy) is 2. The first-order chi connectivity index (χ1) is 14.0. The van der Waals surface area contributed by atoms with E-state index < -0.39 is 5.82 Å². The van der Waals surface area contributed by atoms with Gasteiger partial charge in [-0.3, -0.25) is 0 Å². The third-order valence-corrected chi connectivity index (χ3v) is 5.09. The quantitative estimate of drug-likeness (QED) is 0.449. The van der Waals surface area contributed by atoms with Crippen molar-refractivity contribution in [1.29, 1.82) is 0 Å². The van der Waals surface area contributed by atoms with Gasteiger partial charge in [-0.15, -0.1) is 6.58 Å². The van der Waals surface area contributed by atoms with Gasteiger partial charge in [-0.2, -0.15) is 0 Å². The highest BCUT2D eigenvalue weighted by molar-refractivity contribution is 9.10. The van der Waals surface area contributed by atoms with Crippen LogP contribution in [0.2, 0.25) is 5.02 Å². The van der Waals surface area contributed by atoms with Gasteiger partial charge < -0.3 is 14.8 Å². The monoisotopic (exact) mass is 481 g/mol. The van der Waals surface area contributed by atoms with E-state index >= 15 is 0 Å². The largest absolute Gasteiger partial charge is 0.493 e. The highest BCUT2D eigenvalue weighted by Gasteiger charge is 2.13. The first-order valence-electron chi connectivity index (χ1n) is 8.56. The fourth-order valence-electron chi connectivity index (χ4n) is 2.53. The van der Waals surface area contributed by atoms with Crippen LogP contribution in [0, 0.1) is 5.82 Å². The summed E-state index contributed by atoms with van der Waals surface area (Å²) in [6.07, 6.45) is 1.71. The van der Waals surface area contributed by atoms with Crippen molar-refractivity contribution < 1.29 is 13.9 Å². The maximum Gasteiger partial charge on any atom is 0.243 e. The molecular weight excluding hydrogens is 465 g/mol. The SMILES string of the molecule is C=CCn1nnnc1NCc1cc(OC)c(OCc2ccc(F)cc2Cl)cc1Br. The number of hydrogen-bond acceptors (Lipinski definition) is 6. The van der Waals surface area contributed by atoms with Crippen LogP contribution >= 0.6 is 27.5 Å². The van der Waals surface area contributed by atoms with Crippen LogP contribution in [0.5, 0.6) is 11.5 Å². The molecule has 0 amide bonds. The zero-order chi connectivity index (χ0) is 20.8. The van der Waals surface area contributed by atoms with Gasteiger partial charge in [0.1, 0.15) is 12.4 Å². The Kier molecular flexibility index (Phi) is 7.05. The van der Waals surface area contributed by atoms with Gasteiger partial charge in [-0.1, -0.05) is 44.8 Å². The summed E-state index contributed by atoms with van der Waals surface area (Å²) in [5, 5.41) is 15.0. The number of tetrazole rings is 1. The molecule has 2 aromatic carbocycles. The zero-order valence-electron chi connectivity index (χ0n) is 15.5. The number of nitrogens with one attached hydrogen (secondary N) is 1. The maximum atomic E-state index is 13.2. The van der Waals surface area contributed by atoms with Crippen LogP contribution in [-0.2, 0) is 19.7 Å². The van der Waals surface area contributed by atoms with Crippen molar-refractivity contribution >= 4 is 33.5 Å². The van der Waals surface area contributed by atoms with E-state index in [2.05, 4.69) is 43.4 Å². The molecule has 0 atom stereocenters. The van der Waals surface area contributed by atoms with Crippen molar-refractivity contribution in [3.8, 4) is 11.5 Å². The minimum atomic E-state index is -0.393. The van der Waals surface area contributed by atoms with E-state index in [9.17, 15) is 4.39 Å². The molecule has 0 fully saturated rings. The van der Waals surface area contributed by atoms with E-state index in [4.69, 9.17) is 21.1 Å². The summed E-state index contributed by atoms with van der Waals surface area (Å²) in [7, 11) is 1.56. The lowest BCUT2D eigenvalue weighted by molar-refractivity contribution is 0.284. The lowest BCUT2D eigenvalue weighted by atomic mass is 10.2. The summed E-state index contributed by atoms with van der Waals surface area (Å²) in [6, 6.07) is 7.83. The number of aromatic nitrogens is 4. The summed E-state index contributed by atoms with van der Waals surface area (Å²) >= 11 is 9.61. The number of benzene rings is 2. The first-order valence-corrected chi connectivity index (χ1v) is 9.73. The number of allylic oxidation sites excluding steroid dienone is 1. The van der Waals surface area contributed by atoms with Crippen molar-refractivity contribution in [2.45, 2.75) is 19.7 Å². The Hall–Kier alpha value is -2.65. The second-order valence-corrected chi connectivity index (χ2v) is 7.21. The Bertz CT molecular complexity index is 1010. The number of nitrogens with zero attached hydrogens (tertiary/aromatic N) is 4. The van der Waals surface area contributed by atoms with Gasteiger partial charge in [0, 0.05) is 16.6 Å². The second-order valence-electron chi connectivity index (χ2n) is 5.95. The molecule has 0 saturated heterocycles. The van der Waals surface area contributed by atoms with E-state index in [1.54, 1.807) is 30.0 Å². The molecule has 1 aromatic heterocycles. The average molecular weight is 483 g/mol. The molecule has 10 heteroatoms. The van der Waals surface area contributed by atoms with Crippen molar-refractivity contribution in [2.24, 2.45) is 0 Å². The number of hydrogen-bond donors (Lipinski definition) is 1. The topological polar surface area (TPSA) is 74.1 Å². The lowest BCUT2D eigenvalue weighted by Gasteiger charge is -2.15. The van der Waals surface area contributed by atoms with Gasteiger partial charge >= 0.3 is 0 Å². The molecule has 1 N–H and O–H groups in total. The first kappa shape index (κ1) is 21.1. The van der Waals surface area contributed by atoms with Crippen LogP contribution in [0.1, 0.15) is 11.1 Å². The molecule has 0 saturated carbocycles. The van der Waals surface area contributed by atoms with Crippen LogP contribution in [0.4, 0.5) is 10.3 Å². The van der Waals surface area contributed by atoms with E-state index in [-0.39, 0.29) is 6.61 Å². The molecule has 7 nitrogen and oxygen atoms in total. The Morgan fingerprint density at radius 1 is 1.28 bits per heavy atom. The van der Waals surface area contributed by atoms with Crippen molar-refractivity contribution in [3.63, 3.8) is 0 Å². The average Bonchev–Trinajstić information content (AvgIpc) is 3.14. The van der Waals surface area contributed by atoms with Gasteiger partial charge in [-0.25, -0.2) is 9.07 Å². The third kappa shape index (κ3) is 5.24. The normalized spacial score (nSPS) is 10.6. The van der Waals surface area contributed by atoms with Crippen LogP contribution < -0.4 is 14.8 Å². The van der Waals surface area contributed by atoms with Gasteiger partial charge in [0.2, 0.25) is 5.95 Å². The Balaban J connectivity index is 1.73. The van der Waals surface area contributed by atoms with Gasteiger partial charge in [0.15, 0.2) is 11.5 Å². The molecule has 1 heterocycles. The summed E-state index contributed by atoms with van der Waals surface area (Å²) < 4.78 is 26.9. The summed E-state index contributed by atoms with van der Waals surface area (Å²) in [6.45, 7) is 4.81. The van der Waals surface area contributed by atoms with Crippen molar-refractivity contribution in [1.82, 2.24) is 20.2 Å². The standard InChI is InChI=1S/C19H18BrClFN5O2/c1-3-6-27-19(24-25-26-27)23-10-13-7-17(28-2)18(9-15(13)20)29-11-12-4-5-14(22)8-16(12)21/h3-5,7-9H,1,6,10-11H2,2H3,(H,23,24,26). The second kappa shape index (κ2) is 9.71. The molecule has 0 aliphatic carbocycles. The lowest BCUT2D eigenvalue weighted by Crippen LogP contribution is -2.09. The predicted molar refractivity (Wildman–Crippen MR) is 112 cm³/mol.